The molecule has 0 bridgehead atoms. The molecule has 0 aliphatic carbocycles. The largest absolute Gasteiger partial charge is 0.469 e. The van der Waals surface area contributed by atoms with Gasteiger partial charge in [0, 0.05) is 13.8 Å². The van der Waals surface area contributed by atoms with Gasteiger partial charge in [-0.1, -0.05) is 35.9 Å². The lowest BCUT2D eigenvalue weighted by Gasteiger charge is -1.82. The Labute approximate surface area is 103 Å². The van der Waals surface area contributed by atoms with Gasteiger partial charge in [0.1, 0.15) is 0 Å². The zero-order valence-corrected chi connectivity index (χ0v) is 11.0. The van der Waals surface area contributed by atoms with E-state index >= 15 is 0 Å². The average molecular weight is 240 g/mol. The Balaban J connectivity index is 0. The van der Waals surface area contributed by atoms with Crippen molar-refractivity contribution < 1.29 is 19.1 Å². The lowest BCUT2D eigenvalue weighted by Crippen LogP contribution is -1.88. The van der Waals surface area contributed by atoms with Gasteiger partial charge < -0.3 is 9.47 Å². The molecule has 0 radical (unpaired) electrons. The number of hydrogen-bond acceptors (Lipinski definition) is 4. The van der Waals surface area contributed by atoms with Gasteiger partial charge in [0.25, 0.3) is 0 Å². The Morgan fingerprint density at radius 2 is 1.18 bits per heavy atom. The highest BCUT2D eigenvalue weighted by molar-refractivity contribution is 5.65. The van der Waals surface area contributed by atoms with Gasteiger partial charge in [0.2, 0.25) is 0 Å². The second-order valence-electron chi connectivity index (χ2n) is 3.05. The lowest BCUT2D eigenvalue weighted by molar-refractivity contribution is -0.138. The molecule has 4 heteroatoms. The van der Waals surface area contributed by atoms with E-state index < -0.39 is 0 Å². The van der Waals surface area contributed by atoms with E-state index in [4.69, 9.17) is 0 Å². The van der Waals surface area contributed by atoms with Crippen LogP contribution in [0.15, 0.2) is 30.3 Å². The molecule has 17 heavy (non-hydrogen) atoms. The third kappa shape index (κ3) is 20.3. The summed E-state index contributed by atoms with van der Waals surface area (Å²) in [4.78, 5) is 19.2. The van der Waals surface area contributed by atoms with Gasteiger partial charge in [-0.2, -0.15) is 0 Å². The minimum atomic E-state index is -0.245. The van der Waals surface area contributed by atoms with Gasteiger partial charge >= 0.3 is 11.9 Å². The topological polar surface area (TPSA) is 52.6 Å². The first kappa shape index (κ1) is 17.6. The van der Waals surface area contributed by atoms with Crippen LogP contribution in [0.4, 0.5) is 0 Å². The van der Waals surface area contributed by atoms with Crippen LogP contribution in [0.5, 0.6) is 0 Å². The second-order valence-corrected chi connectivity index (χ2v) is 3.05. The summed E-state index contributed by atoms with van der Waals surface area (Å²) in [5.74, 6) is -0.491. The Morgan fingerprint density at radius 1 is 0.882 bits per heavy atom. The van der Waals surface area contributed by atoms with Gasteiger partial charge in [-0.05, 0) is 6.92 Å². The molecule has 1 aromatic rings. The van der Waals surface area contributed by atoms with E-state index in [-0.39, 0.29) is 11.9 Å². The minimum absolute atomic E-state index is 0.245. The van der Waals surface area contributed by atoms with Crippen LogP contribution in [0, 0.1) is 6.92 Å². The minimum Gasteiger partial charge on any atom is -0.469 e. The van der Waals surface area contributed by atoms with Crippen LogP contribution in [0.25, 0.3) is 0 Å². The fraction of sp³-hybridized carbons (Fsp3) is 0.385. The summed E-state index contributed by atoms with van der Waals surface area (Å²) < 4.78 is 8.22. The Bertz CT molecular complexity index is 292. The molecule has 0 unspecified atom stereocenters. The standard InChI is InChI=1S/C7H8.2C3H6O2/c1-7-5-3-2-4-6-7;2*1-3(4)5-2/h2-6H,1H3;2*1-2H3. The van der Waals surface area contributed by atoms with Gasteiger partial charge in [-0.15, -0.1) is 0 Å². The number of benzene rings is 1. The molecule has 0 N–H and O–H groups in total. The Hall–Kier alpha value is -1.84. The highest BCUT2D eigenvalue weighted by atomic mass is 16.5. The van der Waals surface area contributed by atoms with Crippen molar-refractivity contribution in [1.29, 1.82) is 0 Å². The fourth-order valence-corrected chi connectivity index (χ4v) is 0.534. The van der Waals surface area contributed by atoms with Crippen LogP contribution in [0.3, 0.4) is 0 Å². The number of methoxy groups -OCH3 is 2. The van der Waals surface area contributed by atoms with Crippen LogP contribution < -0.4 is 0 Å². The Morgan fingerprint density at radius 3 is 1.29 bits per heavy atom. The van der Waals surface area contributed by atoms with E-state index in [1.807, 2.05) is 18.2 Å². The molecule has 0 heterocycles. The van der Waals surface area contributed by atoms with Crippen molar-refractivity contribution in [3.63, 3.8) is 0 Å². The molecule has 1 rings (SSSR count). The number of rotatable bonds is 0. The van der Waals surface area contributed by atoms with Gasteiger partial charge in [-0.25, -0.2) is 0 Å². The van der Waals surface area contributed by atoms with Crippen molar-refractivity contribution in [2.24, 2.45) is 0 Å². The van der Waals surface area contributed by atoms with E-state index in [0.29, 0.717) is 0 Å². The molecule has 0 spiro atoms. The smallest absolute Gasteiger partial charge is 0.302 e. The molecule has 0 saturated carbocycles. The molecule has 1 aromatic carbocycles. The van der Waals surface area contributed by atoms with Crippen LogP contribution in [0.1, 0.15) is 19.4 Å². The maximum atomic E-state index is 9.59. The molecule has 0 aromatic heterocycles. The number of carbonyl (C=O) groups is 2. The second kappa shape index (κ2) is 12.2. The van der Waals surface area contributed by atoms with Gasteiger partial charge in [0.05, 0.1) is 14.2 Å². The number of esters is 2. The summed E-state index contributed by atoms with van der Waals surface area (Å²) in [7, 11) is 2.70. The predicted octanol–water partition coefficient (Wildman–Crippen LogP) is 2.35. The van der Waals surface area contributed by atoms with E-state index in [2.05, 4.69) is 28.5 Å². The molecule has 0 atom stereocenters. The van der Waals surface area contributed by atoms with Crippen molar-refractivity contribution in [1.82, 2.24) is 0 Å². The highest BCUT2D eigenvalue weighted by Gasteiger charge is 1.76. The monoisotopic (exact) mass is 240 g/mol. The van der Waals surface area contributed by atoms with Crippen molar-refractivity contribution in [2.75, 3.05) is 14.2 Å². The lowest BCUT2D eigenvalue weighted by atomic mass is 10.2. The molecule has 96 valence electrons. The summed E-state index contributed by atoms with van der Waals surface area (Å²) in [5.41, 5.74) is 1.32. The van der Waals surface area contributed by atoms with Gasteiger partial charge in [-0.3, -0.25) is 9.59 Å². The summed E-state index contributed by atoms with van der Waals surface area (Å²) in [6, 6.07) is 10.3. The molecule has 4 nitrogen and oxygen atoms in total. The first-order valence-corrected chi connectivity index (χ1v) is 5.04. The van der Waals surface area contributed by atoms with E-state index in [1.165, 1.54) is 33.6 Å². The van der Waals surface area contributed by atoms with Crippen molar-refractivity contribution in [2.45, 2.75) is 20.8 Å². The fourth-order valence-electron chi connectivity index (χ4n) is 0.534. The first-order valence-electron chi connectivity index (χ1n) is 5.04. The van der Waals surface area contributed by atoms with E-state index in [9.17, 15) is 9.59 Å². The zero-order valence-electron chi connectivity index (χ0n) is 11.0. The summed E-state index contributed by atoms with van der Waals surface area (Å²) >= 11 is 0. The quantitative estimate of drug-likeness (QED) is 0.653. The van der Waals surface area contributed by atoms with Gasteiger partial charge in [0.15, 0.2) is 0 Å². The van der Waals surface area contributed by atoms with Crippen LogP contribution in [-0.2, 0) is 19.1 Å². The van der Waals surface area contributed by atoms with Crippen molar-refractivity contribution >= 4 is 11.9 Å². The molecule has 0 fully saturated rings. The molecular formula is C13H20O4. The van der Waals surface area contributed by atoms with Crippen LogP contribution in [0.2, 0.25) is 0 Å². The maximum absolute atomic E-state index is 9.59. The number of ether oxygens (including phenoxy) is 2. The predicted molar refractivity (Wildman–Crippen MR) is 66.6 cm³/mol. The molecule has 0 aliphatic heterocycles. The van der Waals surface area contributed by atoms with E-state index in [1.54, 1.807) is 0 Å². The van der Waals surface area contributed by atoms with Crippen molar-refractivity contribution in [3.05, 3.63) is 35.9 Å². The summed E-state index contributed by atoms with van der Waals surface area (Å²) in [5, 5.41) is 0. The highest BCUT2D eigenvalue weighted by Crippen LogP contribution is 1.92. The third-order valence-electron chi connectivity index (χ3n) is 1.52. The van der Waals surface area contributed by atoms with Crippen LogP contribution in [-0.4, -0.2) is 26.2 Å². The van der Waals surface area contributed by atoms with E-state index in [0.717, 1.165) is 0 Å². The summed E-state index contributed by atoms with van der Waals surface area (Å²) in [6.45, 7) is 4.81. The number of carbonyl (C=O) groups excluding carboxylic acids is 2. The summed E-state index contributed by atoms with van der Waals surface area (Å²) in [6.07, 6.45) is 0. The Kier molecular flexibility index (Phi) is 12.6. The van der Waals surface area contributed by atoms with Crippen molar-refractivity contribution in [3.8, 4) is 0 Å². The molecular weight excluding hydrogens is 220 g/mol. The SMILES string of the molecule is COC(C)=O.COC(C)=O.Cc1ccccc1. The molecule has 0 amide bonds. The maximum Gasteiger partial charge on any atom is 0.302 e. The molecule has 0 saturated heterocycles. The van der Waals surface area contributed by atoms with Crippen LogP contribution >= 0.6 is 0 Å². The first-order chi connectivity index (χ1) is 7.93. The average Bonchev–Trinajstić information content (AvgIpc) is 2.31. The number of aryl methyl sites for hydroxylation is 1. The number of hydrogen-bond donors (Lipinski definition) is 0. The molecule has 0 aliphatic rings. The normalized spacial score (nSPS) is 7.59. The third-order valence-corrected chi connectivity index (χ3v) is 1.52. The zero-order chi connectivity index (χ0) is 13.7.